The second-order valence-corrected chi connectivity index (χ2v) is 5.80. The third-order valence-corrected chi connectivity index (χ3v) is 4.14. The number of carbonyl (C=O) groups is 1. The number of ether oxygens (including phenoxy) is 1. The van der Waals surface area contributed by atoms with Crippen molar-refractivity contribution in [1.82, 2.24) is 14.9 Å². The lowest BCUT2D eigenvalue weighted by Gasteiger charge is -2.09. The van der Waals surface area contributed by atoms with E-state index in [0.29, 0.717) is 17.9 Å². The minimum Gasteiger partial charge on any atom is -0.484 e. The van der Waals surface area contributed by atoms with Gasteiger partial charge in [0.15, 0.2) is 6.61 Å². The summed E-state index contributed by atoms with van der Waals surface area (Å²) in [6.45, 7) is 5.00. The molecular formula is C19H21N3O4. The smallest absolute Gasteiger partial charge is 0.336 e. The van der Waals surface area contributed by atoms with Gasteiger partial charge in [-0.25, -0.2) is 9.78 Å². The third kappa shape index (κ3) is 3.93. The number of aryl methyl sites for hydroxylation is 2. The Hall–Kier alpha value is -3.09. The average molecular weight is 355 g/mol. The fourth-order valence-corrected chi connectivity index (χ4v) is 2.77. The van der Waals surface area contributed by atoms with Crippen LogP contribution in [-0.2, 0) is 24.3 Å². The molecule has 26 heavy (non-hydrogen) atoms. The maximum atomic E-state index is 12.0. The lowest BCUT2D eigenvalue weighted by Crippen LogP contribution is -2.29. The molecule has 2 heterocycles. The minimum atomic E-state index is -0.393. The number of hydrogen-bond donors (Lipinski definition) is 1. The normalized spacial score (nSPS) is 10.8. The monoisotopic (exact) mass is 355 g/mol. The molecular weight excluding hydrogens is 334 g/mol. The summed E-state index contributed by atoms with van der Waals surface area (Å²) in [6.07, 6.45) is 4.30. The highest BCUT2D eigenvalue weighted by Gasteiger charge is 2.09. The van der Waals surface area contributed by atoms with E-state index in [4.69, 9.17) is 9.15 Å². The van der Waals surface area contributed by atoms with E-state index in [-0.39, 0.29) is 12.5 Å². The molecule has 1 aromatic carbocycles. The largest absolute Gasteiger partial charge is 0.484 e. The first-order valence-corrected chi connectivity index (χ1v) is 8.57. The number of nitrogens with zero attached hydrogens (tertiary/aromatic N) is 2. The van der Waals surface area contributed by atoms with Gasteiger partial charge in [-0.2, -0.15) is 0 Å². The fourth-order valence-electron chi connectivity index (χ4n) is 2.77. The van der Waals surface area contributed by atoms with E-state index >= 15 is 0 Å². The van der Waals surface area contributed by atoms with Crippen molar-refractivity contribution in [3.63, 3.8) is 0 Å². The molecule has 0 fully saturated rings. The molecule has 7 nitrogen and oxygen atoms in total. The van der Waals surface area contributed by atoms with Gasteiger partial charge >= 0.3 is 5.63 Å². The van der Waals surface area contributed by atoms with Crippen molar-refractivity contribution < 1.29 is 13.9 Å². The highest BCUT2D eigenvalue weighted by molar-refractivity contribution is 5.82. The Morgan fingerprint density at radius 1 is 1.31 bits per heavy atom. The van der Waals surface area contributed by atoms with Crippen LogP contribution in [0.5, 0.6) is 5.75 Å². The van der Waals surface area contributed by atoms with Crippen molar-refractivity contribution in [3.8, 4) is 5.75 Å². The third-order valence-electron chi connectivity index (χ3n) is 4.14. The van der Waals surface area contributed by atoms with Gasteiger partial charge in [0, 0.05) is 36.5 Å². The zero-order valence-electron chi connectivity index (χ0n) is 14.8. The van der Waals surface area contributed by atoms with Crippen LogP contribution < -0.4 is 15.7 Å². The van der Waals surface area contributed by atoms with E-state index in [2.05, 4.69) is 10.3 Å². The summed E-state index contributed by atoms with van der Waals surface area (Å²) in [5.74, 6) is 1.01. The van der Waals surface area contributed by atoms with Gasteiger partial charge in [0.2, 0.25) is 0 Å². The first-order valence-electron chi connectivity index (χ1n) is 8.57. The second kappa shape index (κ2) is 7.86. The van der Waals surface area contributed by atoms with Crippen molar-refractivity contribution in [3.05, 3.63) is 58.5 Å². The molecule has 0 aliphatic rings. The highest BCUT2D eigenvalue weighted by Crippen LogP contribution is 2.22. The van der Waals surface area contributed by atoms with E-state index in [1.807, 2.05) is 30.7 Å². The van der Waals surface area contributed by atoms with Gasteiger partial charge in [0.25, 0.3) is 5.91 Å². The zero-order valence-corrected chi connectivity index (χ0v) is 14.8. The molecule has 1 N–H and O–H groups in total. The molecule has 0 aliphatic heterocycles. The maximum Gasteiger partial charge on any atom is 0.336 e. The number of benzene rings is 1. The summed E-state index contributed by atoms with van der Waals surface area (Å²) >= 11 is 0. The van der Waals surface area contributed by atoms with Gasteiger partial charge in [-0.05, 0) is 31.0 Å². The van der Waals surface area contributed by atoms with Crippen LogP contribution in [0.15, 0.2) is 45.9 Å². The Bertz CT molecular complexity index is 974. The predicted octanol–water partition coefficient (Wildman–Crippen LogP) is 2.27. The highest BCUT2D eigenvalue weighted by atomic mass is 16.5. The first kappa shape index (κ1) is 17.7. The number of nitrogens with one attached hydrogen (secondary N) is 1. The molecule has 3 rings (SSSR count). The number of carbonyl (C=O) groups excluding carboxylic acids is 1. The maximum absolute atomic E-state index is 12.0. The summed E-state index contributed by atoms with van der Waals surface area (Å²) in [5, 5.41) is 3.64. The quantitative estimate of drug-likeness (QED) is 0.657. The lowest BCUT2D eigenvalue weighted by atomic mass is 10.1. The lowest BCUT2D eigenvalue weighted by molar-refractivity contribution is -0.123. The van der Waals surface area contributed by atoms with Gasteiger partial charge in [-0.3, -0.25) is 4.79 Å². The van der Waals surface area contributed by atoms with Gasteiger partial charge in [0.05, 0.1) is 6.54 Å². The van der Waals surface area contributed by atoms with Crippen LogP contribution in [0.2, 0.25) is 0 Å². The van der Waals surface area contributed by atoms with Gasteiger partial charge < -0.3 is 19.0 Å². The van der Waals surface area contributed by atoms with E-state index in [0.717, 1.165) is 29.7 Å². The molecule has 0 bridgehead atoms. The number of fused-ring (bicyclic) bond motifs is 1. The van der Waals surface area contributed by atoms with Crippen molar-refractivity contribution in [1.29, 1.82) is 0 Å². The van der Waals surface area contributed by atoms with Gasteiger partial charge in [-0.15, -0.1) is 0 Å². The number of hydrogen-bond acceptors (Lipinski definition) is 5. The Labute approximate surface area is 150 Å². The Morgan fingerprint density at radius 3 is 2.92 bits per heavy atom. The molecule has 0 spiro atoms. The van der Waals surface area contributed by atoms with Crippen LogP contribution >= 0.6 is 0 Å². The van der Waals surface area contributed by atoms with Crippen molar-refractivity contribution >= 4 is 16.9 Å². The number of aromatic nitrogens is 2. The molecule has 0 saturated heterocycles. The molecule has 1 amide bonds. The Kier molecular flexibility index (Phi) is 5.36. The molecule has 0 radical (unpaired) electrons. The van der Waals surface area contributed by atoms with Crippen molar-refractivity contribution in [2.45, 2.75) is 33.4 Å². The summed E-state index contributed by atoms with van der Waals surface area (Å²) in [6, 6.07) is 6.73. The van der Waals surface area contributed by atoms with E-state index < -0.39 is 5.63 Å². The Balaban J connectivity index is 1.62. The van der Waals surface area contributed by atoms with Crippen LogP contribution in [0.3, 0.4) is 0 Å². The van der Waals surface area contributed by atoms with Crippen LogP contribution in [0.25, 0.3) is 11.0 Å². The molecule has 0 aliphatic carbocycles. The molecule has 0 saturated carbocycles. The SMILES string of the molecule is CCc1cc(=O)oc2cc(OCC(=O)NCc3nccn3CC)ccc12. The van der Waals surface area contributed by atoms with Crippen LogP contribution in [0.4, 0.5) is 0 Å². The van der Waals surface area contributed by atoms with Crippen LogP contribution in [-0.4, -0.2) is 22.1 Å². The second-order valence-electron chi connectivity index (χ2n) is 5.80. The molecule has 2 aromatic heterocycles. The van der Waals surface area contributed by atoms with Crippen LogP contribution in [0.1, 0.15) is 25.2 Å². The fraction of sp³-hybridized carbons (Fsp3) is 0.316. The molecule has 0 atom stereocenters. The minimum absolute atomic E-state index is 0.129. The topological polar surface area (TPSA) is 86.4 Å². The predicted molar refractivity (Wildman–Crippen MR) is 97.1 cm³/mol. The van der Waals surface area contributed by atoms with Gasteiger partial charge in [-0.1, -0.05) is 6.92 Å². The van der Waals surface area contributed by atoms with Crippen molar-refractivity contribution in [2.75, 3.05) is 6.61 Å². The number of imidazole rings is 1. The summed E-state index contributed by atoms with van der Waals surface area (Å²) in [7, 11) is 0. The summed E-state index contributed by atoms with van der Waals surface area (Å²) in [4.78, 5) is 27.8. The van der Waals surface area contributed by atoms with Crippen LogP contribution in [0, 0.1) is 0 Å². The first-order chi connectivity index (χ1) is 12.6. The summed E-state index contributed by atoms with van der Waals surface area (Å²) in [5.41, 5.74) is 0.986. The number of rotatable bonds is 7. The molecule has 7 heteroatoms. The van der Waals surface area contributed by atoms with Gasteiger partial charge in [0.1, 0.15) is 17.2 Å². The summed E-state index contributed by atoms with van der Waals surface area (Å²) < 4.78 is 12.7. The number of amides is 1. The molecule has 0 unspecified atom stereocenters. The van der Waals surface area contributed by atoms with E-state index in [1.165, 1.54) is 6.07 Å². The average Bonchev–Trinajstić information content (AvgIpc) is 3.11. The molecule has 136 valence electrons. The standard InChI is InChI=1S/C19H21N3O4/c1-3-13-9-19(24)26-16-10-14(5-6-15(13)16)25-12-18(23)21-11-17-20-7-8-22(17)4-2/h5-10H,3-4,11-12H2,1-2H3,(H,21,23). The molecule has 3 aromatic rings. The Morgan fingerprint density at radius 2 is 2.15 bits per heavy atom. The van der Waals surface area contributed by atoms with E-state index in [9.17, 15) is 9.59 Å². The van der Waals surface area contributed by atoms with E-state index in [1.54, 1.807) is 18.3 Å². The van der Waals surface area contributed by atoms with Crippen molar-refractivity contribution in [2.24, 2.45) is 0 Å². The zero-order chi connectivity index (χ0) is 18.5.